The van der Waals surface area contributed by atoms with Crippen molar-refractivity contribution in [1.29, 1.82) is 0 Å². The molecule has 2 aromatic carbocycles. The van der Waals surface area contributed by atoms with Crippen LogP contribution in [0.2, 0.25) is 0 Å². The van der Waals surface area contributed by atoms with Gasteiger partial charge in [-0.25, -0.2) is 13.2 Å². The highest BCUT2D eigenvalue weighted by Gasteiger charge is 2.44. The Morgan fingerprint density at radius 3 is 2.32 bits per heavy atom. The van der Waals surface area contributed by atoms with Crippen LogP contribution in [-0.2, 0) is 15.4 Å². The normalized spacial score (nSPS) is 18.4. The third-order valence-electron chi connectivity index (χ3n) is 6.01. The van der Waals surface area contributed by atoms with Crippen molar-refractivity contribution in [3.05, 3.63) is 70.3 Å². The summed E-state index contributed by atoms with van der Waals surface area (Å²) in [6, 6.07) is 14.9. The van der Waals surface area contributed by atoms with Crippen molar-refractivity contribution in [1.82, 2.24) is 14.5 Å². The second-order valence-electron chi connectivity index (χ2n) is 7.95. The molecule has 1 saturated carbocycles. The van der Waals surface area contributed by atoms with Crippen LogP contribution in [-0.4, -0.2) is 61.3 Å². The van der Waals surface area contributed by atoms with Crippen LogP contribution < -0.4 is 5.32 Å². The number of amides is 2. The number of hydrogen-bond donors (Lipinski definition) is 1. The summed E-state index contributed by atoms with van der Waals surface area (Å²) in [5.74, 6) is 0. The molecule has 1 aliphatic carbocycles. The first-order valence-corrected chi connectivity index (χ1v) is 11.6. The second-order valence-corrected chi connectivity index (χ2v) is 9.89. The third kappa shape index (κ3) is 4.40. The highest BCUT2D eigenvalue weighted by atomic mass is 32.2. The Labute approximate surface area is 180 Å². The van der Waals surface area contributed by atoms with Gasteiger partial charge in [0.15, 0.2) is 0 Å². The first-order valence-electron chi connectivity index (χ1n) is 10.1. The number of urea groups is 1. The smallest absolute Gasteiger partial charge is 0.317 e. The molecule has 0 atom stereocenters. The number of sulfonamides is 1. The van der Waals surface area contributed by atoms with Crippen molar-refractivity contribution in [3.8, 4) is 0 Å². The molecule has 0 unspecified atom stereocenters. The summed E-state index contributed by atoms with van der Waals surface area (Å²) >= 11 is 0. The summed E-state index contributed by atoms with van der Waals surface area (Å²) in [5, 5.41) is 14.0. The monoisotopic (exact) mass is 444 g/mol. The maximum absolute atomic E-state index is 12.8. The zero-order valence-electron chi connectivity index (χ0n) is 16.9. The number of piperazine rings is 1. The Kier molecular flexibility index (Phi) is 5.67. The predicted molar refractivity (Wildman–Crippen MR) is 114 cm³/mol. The lowest BCUT2D eigenvalue weighted by Gasteiger charge is -2.34. The minimum atomic E-state index is -3.86. The number of rotatable bonds is 6. The van der Waals surface area contributed by atoms with Crippen molar-refractivity contribution in [2.45, 2.75) is 23.2 Å². The number of carbonyl (C=O) groups excluding carboxylic acids is 1. The van der Waals surface area contributed by atoms with Crippen LogP contribution in [0.5, 0.6) is 0 Å². The van der Waals surface area contributed by atoms with Gasteiger partial charge in [-0.2, -0.15) is 4.31 Å². The summed E-state index contributed by atoms with van der Waals surface area (Å²) in [4.78, 5) is 24.4. The van der Waals surface area contributed by atoms with E-state index in [1.165, 1.54) is 28.1 Å². The summed E-state index contributed by atoms with van der Waals surface area (Å²) < 4.78 is 27.0. The van der Waals surface area contributed by atoms with E-state index in [1.807, 2.05) is 18.2 Å². The van der Waals surface area contributed by atoms with Crippen molar-refractivity contribution >= 4 is 21.7 Å². The Bertz CT molecular complexity index is 1080. The zero-order valence-corrected chi connectivity index (χ0v) is 17.8. The van der Waals surface area contributed by atoms with Gasteiger partial charge in [0.1, 0.15) is 0 Å². The standard InChI is InChI=1S/C21H24N4O5S/c26-20(22-16-21(9-10-21)17-5-2-1-3-6-17)23-11-13-24(14-12-23)31(29,30)19-8-4-7-18(15-19)25(27)28/h1-8,15H,9-14,16H2,(H,22,26). The van der Waals surface area contributed by atoms with E-state index in [4.69, 9.17) is 0 Å². The van der Waals surface area contributed by atoms with Gasteiger partial charge in [0.2, 0.25) is 10.0 Å². The molecule has 2 aliphatic rings. The molecular weight excluding hydrogens is 420 g/mol. The summed E-state index contributed by atoms with van der Waals surface area (Å²) in [6.45, 7) is 1.36. The summed E-state index contributed by atoms with van der Waals surface area (Å²) in [6.07, 6.45) is 2.07. The predicted octanol–water partition coefficient (Wildman–Crippen LogP) is 2.34. The van der Waals surface area contributed by atoms with E-state index < -0.39 is 14.9 Å². The molecule has 2 aromatic rings. The first-order chi connectivity index (χ1) is 14.8. The van der Waals surface area contributed by atoms with Crippen molar-refractivity contribution in [2.24, 2.45) is 0 Å². The van der Waals surface area contributed by atoms with Crippen LogP contribution in [0.15, 0.2) is 59.5 Å². The highest BCUT2D eigenvalue weighted by molar-refractivity contribution is 7.89. The van der Waals surface area contributed by atoms with Gasteiger partial charge >= 0.3 is 6.03 Å². The number of nitrogens with zero attached hydrogens (tertiary/aromatic N) is 3. The van der Waals surface area contributed by atoms with E-state index in [0.717, 1.165) is 18.9 Å². The molecule has 9 nitrogen and oxygen atoms in total. The number of benzene rings is 2. The highest BCUT2D eigenvalue weighted by Crippen LogP contribution is 2.47. The molecule has 31 heavy (non-hydrogen) atoms. The van der Waals surface area contributed by atoms with Crippen LogP contribution in [0.4, 0.5) is 10.5 Å². The van der Waals surface area contributed by atoms with Crippen LogP contribution in [0.25, 0.3) is 0 Å². The van der Waals surface area contributed by atoms with Crippen molar-refractivity contribution in [2.75, 3.05) is 32.7 Å². The van der Waals surface area contributed by atoms with Crippen LogP contribution in [0, 0.1) is 10.1 Å². The molecule has 10 heteroatoms. The number of non-ortho nitro benzene ring substituents is 1. The topological polar surface area (TPSA) is 113 Å². The molecule has 4 rings (SSSR count). The van der Waals surface area contributed by atoms with E-state index in [-0.39, 0.29) is 48.2 Å². The number of nitro benzene ring substituents is 1. The van der Waals surface area contributed by atoms with Crippen LogP contribution in [0.3, 0.4) is 0 Å². The Morgan fingerprint density at radius 1 is 1.03 bits per heavy atom. The van der Waals surface area contributed by atoms with Crippen LogP contribution >= 0.6 is 0 Å². The molecule has 164 valence electrons. The molecule has 0 spiro atoms. The summed E-state index contributed by atoms with van der Waals surface area (Å²) in [5.41, 5.74) is 0.957. The van der Waals surface area contributed by atoms with E-state index in [2.05, 4.69) is 17.4 Å². The third-order valence-corrected chi connectivity index (χ3v) is 7.90. The minimum absolute atomic E-state index is 0.00408. The summed E-state index contributed by atoms with van der Waals surface area (Å²) in [7, 11) is -3.86. The molecule has 0 radical (unpaired) electrons. The SMILES string of the molecule is O=C(NCC1(c2ccccc2)CC1)N1CCN(S(=O)(=O)c2cccc([N+](=O)[O-])c2)CC1. The van der Waals surface area contributed by atoms with E-state index >= 15 is 0 Å². The van der Waals surface area contributed by atoms with Gasteiger partial charge in [0.05, 0.1) is 9.82 Å². The molecule has 1 N–H and O–H groups in total. The molecular formula is C21H24N4O5S. The van der Waals surface area contributed by atoms with E-state index in [1.54, 1.807) is 4.90 Å². The molecule has 1 saturated heterocycles. The van der Waals surface area contributed by atoms with Gasteiger partial charge in [-0.3, -0.25) is 10.1 Å². The molecule has 1 aliphatic heterocycles. The van der Waals surface area contributed by atoms with Crippen molar-refractivity contribution < 1.29 is 18.1 Å². The zero-order chi connectivity index (χ0) is 22.1. The lowest BCUT2D eigenvalue weighted by Crippen LogP contribution is -2.53. The number of nitro groups is 1. The van der Waals surface area contributed by atoms with Crippen molar-refractivity contribution in [3.63, 3.8) is 0 Å². The average molecular weight is 445 g/mol. The van der Waals surface area contributed by atoms with Gasteiger partial charge < -0.3 is 10.2 Å². The van der Waals surface area contributed by atoms with Gasteiger partial charge in [0.25, 0.3) is 5.69 Å². The van der Waals surface area contributed by atoms with E-state index in [9.17, 15) is 23.3 Å². The lowest BCUT2D eigenvalue weighted by atomic mass is 9.96. The Morgan fingerprint density at radius 2 is 1.71 bits per heavy atom. The minimum Gasteiger partial charge on any atom is -0.337 e. The maximum Gasteiger partial charge on any atom is 0.317 e. The number of carbonyl (C=O) groups is 1. The number of hydrogen-bond acceptors (Lipinski definition) is 5. The molecule has 2 fully saturated rings. The Balaban J connectivity index is 1.34. The fourth-order valence-electron chi connectivity index (χ4n) is 3.90. The first kappa shape index (κ1) is 21.3. The molecule has 0 bridgehead atoms. The average Bonchev–Trinajstić information content (AvgIpc) is 3.59. The van der Waals surface area contributed by atoms with Gasteiger partial charge in [-0.05, 0) is 24.5 Å². The maximum atomic E-state index is 12.8. The van der Waals surface area contributed by atoms with Gasteiger partial charge in [0, 0.05) is 50.3 Å². The second kappa shape index (κ2) is 8.27. The largest absolute Gasteiger partial charge is 0.337 e. The molecule has 0 aromatic heterocycles. The molecule has 2 amide bonds. The van der Waals surface area contributed by atoms with Gasteiger partial charge in [-0.1, -0.05) is 36.4 Å². The van der Waals surface area contributed by atoms with Crippen LogP contribution in [0.1, 0.15) is 18.4 Å². The Hall–Kier alpha value is -2.98. The fraction of sp³-hybridized carbons (Fsp3) is 0.381. The van der Waals surface area contributed by atoms with Gasteiger partial charge in [-0.15, -0.1) is 0 Å². The number of nitrogens with one attached hydrogen (secondary N) is 1. The quantitative estimate of drug-likeness (QED) is 0.543. The lowest BCUT2D eigenvalue weighted by molar-refractivity contribution is -0.385. The van der Waals surface area contributed by atoms with E-state index in [0.29, 0.717) is 6.54 Å². The fourth-order valence-corrected chi connectivity index (χ4v) is 5.37. The molecule has 1 heterocycles.